The maximum absolute atomic E-state index is 13.7. The summed E-state index contributed by atoms with van der Waals surface area (Å²) in [5.74, 6) is -1.28. The Labute approximate surface area is 151 Å². The molecule has 0 aliphatic carbocycles. The molecule has 0 saturated carbocycles. The molecule has 2 aromatic carbocycles. The zero-order valence-corrected chi connectivity index (χ0v) is 14.2. The summed E-state index contributed by atoms with van der Waals surface area (Å²) in [6.45, 7) is 0.293. The van der Waals surface area contributed by atoms with Gasteiger partial charge in [0.05, 0.1) is 6.04 Å². The SMILES string of the molecule is O=C(O)CCCNC(=O)NC(COc1ccccc1F)c1ccccc1. The molecule has 0 aliphatic heterocycles. The van der Waals surface area contributed by atoms with Crippen molar-refractivity contribution in [1.29, 1.82) is 0 Å². The summed E-state index contributed by atoms with van der Waals surface area (Å²) < 4.78 is 19.2. The highest BCUT2D eigenvalue weighted by Crippen LogP contribution is 2.19. The van der Waals surface area contributed by atoms with Crippen molar-refractivity contribution in [1.82, 2.24) is 10.6 Å². The highest BCUT2D eigenvalue weighted by Gasteiger charge is 2.16. The second-order valence-corrected chi connectivity index (χ2v) is 5.60. The van der Waals surface area contributed by atoms with Crippen LogP contribution in [0.1, 0.15) is 24.4 Å². The monoisotopic (exact) mass is 360 g/mol. The third-order valence-corrected chi connectivity index (χ3v) is 3.60. The fraction of sp³-hybridized carbons (Fsp3) is 0.263. The molecular weight excluding hydrogens is 339 g/mol. The Hall–Kier alpha value is -3.09. The van der Waals surface area contributed by atoms with Gasteiger partial charge < -0.3 is 20.5 Å². The molecule has 0 fully saturated rings. The van der Waals surface area contributed by atoms with Crippen molar-refractivity contribution in [3.63, 3.8) is 0 Å². The molecule has 26 heavy (non-hydrogen) atoms. The van der Waals surface area contributed by atoms with Crippen molar-refractivity contribution in [2.75, 3.05) is 13.2 Å². The van der Waals surface area contributed by atoms with Crippen molar-refractivity contribution in [3.05, 3.63) is 66.0 Å². The number of benzene rings is 2. The number of carboxylic acids is 1. The van der Waals surface area contributed by atoms with E-state index in [4.69, 9.17) is 9.84 Å². The van der Waals surface area contributed by atoms with Gasteiger partial charge in [0.1, 0.15) is 6.61 Å². The van der Waals surface area contributed by atoms with Gasteiger partial charge in [-0.2, -0.15) is 0 Å². The number of hydrogen-bond acceptors (Lipinski definition) is 3. The number of carboxylic acid groups (broad SMARTS) is 1. The first kappa shape index (κ1) is 19.2. The third-order valence-electron chi connectivity index (χ3n) is 3.60. The van der Waals surface area contributed by atoms with Crippen molar-refractivity contribution < 1.29 is 23.8 Å². The summed E-state index contributed by atoms with van der Waals surface area (Å²) in [7, 11) is 0. The molecule has 0 saturated heterocycles. The molecule has 1 atom stereocenters. The number of ether oxygens (including phenoxy) is 1. The summed E-state index contributed by atoms with van der Waals surface area (Å²) in [4.78, 5) is 22.5. The van der Waals surface area contributed by atoms with E-state index in [0.29, 0.717) is 6.42 Å². The average Bonchev–Trinajstić information content (AvgIpc) is 2.64. The van der Waals surface area contributed by atoms with Crippen LogP contribution in [0.5, 0.6) is 5.75 Å². The van der Waals surface area contributed by atoms with Crippen LogP contribution in [0, 0.1) is 5.82 Å². The van der Waals surface area contributed by atoms with Crippen molar-refractivity contribution >= 4 is 12.0 Å². The second kappa shape index (κ2) is 10.0. The average molecular weight is 360 g/mol. The zero-order chi connectivity index (χ0) is 18.8. The fourth-order valence-electron chi connectivity index (χ4n) is 2.29. The van der Waals surface area contributed by atoms with E-state index in [9.17, 15) is 14.0 Å². The molecule has 1 unspecified atom stereocenters. The van der Waals surface area contributed by atoms with E-state index in [1.54, 1.807) is 12.1 Å². The molecule has 2 rings (SSSR count). The van der Waals surface area contributed by atoms with Crippen LogP contribution in [0.25, 0.3) is 0 Å². The molecule has 0 heterocycles. The van der Waals surface area contributed by atoms with Crippen LogP contribution in [-0.4, -0.2) is 30.3 Å². The molecule has 0 bridgehead atoms. The molecule has 0 spiro atoms. The number of rotatable bonds is 9. The number of halogens is 1. The Kier molecular flexibility index (Phi) is 7.42. The summed E-state index contributed by atoms with van der Waals surface area (Å²) in [5.41, 5.74) is 0.810. The van der Waals surface area contributed by atoms with Crippen molar-refractivity contribution in [3.8, 4) is 5.75 Å². The Morgan fingerprint density at radius 3 is 2.46 bits per heavy atom. The van der Waals surface area contributed by atoms with Gasteiger partial charge in [0.25, 0.3) is 0 Å². The van der Waals surface area contributed by atoms with Gasteiger partial charge in [-0.25, -0.2) is 9.18 Å². The molecule has 0 aromatic heterocycles. The maximum atomic E-state index is 13.7. The van der Waals surface area contributed by atoms with Crippen LogP contribution in [0.3, 0.4) is 0 Å². The topological polar surface area (TPSA) is 87.7 Å². The number of amides is 2. The molecule has 138 valence electrons. The van der Waals surface area contributed by atoms with Crippen molar-refractivity contribution in [2.45, 2.75) is 18.9 Å². The normalized spacial score (nSPS) is 11.4. The van der Waals surface area contributed by atoms with Crippen LogP contribution in [0.15, 0.2) is 54.6 Å². The molecule has 6 nitrogen and oxygen atoms in total. The van der Waals surface area contributed by atoms with Gasteiger partial charge in [0.2, 0.25) is 0 Å². The van der Waals surface area contributed by atoms with E-state index in [-0.39, 0.29) is 25.3 Å². The summed E-state index contributed by atoms with van der Waals surface area (Å²) >= 11 is 0. The van der Waals surface area contributed by atoms with Gasteiger partial charge in [-0.1, -0.05) is 42.5 Å². The minimum Gasteiger partial charge on any atom is -0.488 e. The van der Waals surface area contributed by atoms with Gasteiger partial charge >= 0.3 is 12.0 Å². The predicted molar refractivity (Wildman–Crippen MR) is 94.5 cm³/mol. The molecular formula is C19H21FN2O4. The fourth-order valence-corrected chi connectivity index (χ4v) is 2.29. The maximum Gasteiger partial charge on any atom is 0.315 e. The number of aliphatic carboxylic acids is 1. The minimum atomic E-state index is -0.910. The van der Waals surface area contributed by atoms with E-state index in [1.807, 2.05) is 30.3 Å². The summed E-state index contributed by atoms with van der Waals surface area (Å²) in [5, 5.41) is 14.0. The molecule has 7 heteroatoms. The Morgan fingerprint density at radius 1 is 1.08 bits per heavy atom. The summed E-state index contributed by atoms with van der Waals surface area (Å²) in [6, 6.07) is 14.3. The standard InChI is InChI=1S/C19H21FN2O4/c20-15-9-4-5-10-17(15)26-13-16(14-7-2-1-3-8-14)22-19(25)21-12-6-11-18(23)24/h1-5,7-10,16H,6,11-13H2,(H,23,24)(H2,21,22,25). The first-order chi connectivity index (χ1) is 12.6. The predicted octanol–water partition coefficient (Wildman–Crippen LogP) is 3.11. The van der Waals surface area contributed by atoms with Crippen LogP contribution >= 0.6 is 0 Å². The lowest BCUT2D eigenvalue weighted by Crippen LogP contribution is -2.40. The quantitative estimate of drug-likeness (QED) is 0.600. The molecule has 2 aromatic rings. The first-order valence-electron chi connectivity index (χ1n) is 8.24. The van der Waals surface area contributed by atoms with Gasteiger partial charge in [0, 0.05) is 13.0 Å². The molecule has 0 aliphatic rings. The zero-order valence-electron chi connectivity index (χ0n) is 14.2. The molecule has 2 amide bonds. The Morgan fingerprint density at radius 2 is 1.77 bits per heavy atom. The smallest absolute Gasteiger partial charge is 0.315 e. The van der Waals surface area contributed by atoms with Gasteiger partial charge in [0.15, 0.2) is 11.6 Å². The minimum absolute atomic E-state index is 0.0151. The van der Waals surface area contributed by atoms with Gasteiger partial charge in [-0.05, 0) is 24.1 Å². The Bertz CT molecular complexity index is 724. The number of urea groups is 1. The number of nitrogens with one attached hydrogen (secondary N) is 2. The lowest BCUT2D eigenvalue weighted by Gasteiger charge is -2.20. The molecule has 3 N–H and O–H groups in total. The van der Waals surface area contributed by atoms with E-state index in [2.05, 4.69) is 10.6 Å². The van der Waals surface area contributed by atoms with E-state index in [1.165, 1.54) is 12.1 Å². The van der Waals surface area contributed by atoms with E-state index >= 15 is 0 Å². The van der Waals surface area contributed by atoms with Gasteiger partial charge in [-0.15, -0.1) is 0 Å². The lowest BCUT2D eigenvalue weighted by atomic mass is 10.1. The highest BCUT2D eigenvalue weighted by atomic mass is 19.1. The summed E-state index contributed by atoms with van der Waals surface area (Å²) in [6.07, 6.45) is 0.323. The van der Waals surface area contributed by atoms with E-state index < -0.39 is 23.9 Å². The third kappa shape index (κ3) is 6.43. The van der Waals surface area contributed by atoms with E-state index in [0.717, 1.165) is 5.56 Å². The Balaban J connectivity index is 1.95. The van der Waals surface area contributed by atoms with Crippen LogP contribution in [-0.2, 0) is 4.79 Å². The second-order valence-electron chi connectivity index (χ2n) is 5.60. The van der Waals surface area contributed by atoms with Crippen molar-refractivity contribution in [2.24, 2.45) is 0 Å². The number of carbonyl (C=O) groups excluding carboxylic acids is 1. The number of para-hydroxylation sites is 1. The van der Waals surface area contributed by atoms with Crippen LogP contribution in [0.4, 0.5) is 9.18 Å². The first-order valence-corrected chi connectivity index (χ1v) is 8.24. The highest BCUT2D eigenvalue weighted by molar-refractivity contribution is 5.74. The molecule has 0 radical (unpaired) electrons. The number of hydrogen-bond donors (Lipinski definition) is 3. The van der Waals surface area contributed by atoms with Gasteiger partial charge in [-0.3, -0.25) is 4.79 Å². The van der Waals surface area contributed by atoms with Crippen LogP contribution in [0.2, 0.25) is 0 Å². The lowest BCUT2D eigenvalue weighted by molar-refractivity contribution is -0.137. The number of carbonyl (C=O) groups is 2. The van der Waals surface area contributed by atoms with Crippen LogP contribution < -0.4 is 15.4 Å². The largest absolute Gasteiger partial charge is 0.488 e.